The summed E-state index contributed by atoms with van der Waals surface area (Å²) in [5.74, 6) is -1.65. The molecule has 1 rings (SSSR count). The molecule has 4 nitrogen and oxygen atoms in total. The summed E-state index contributed by atoms with van der Waals surface area (Å²) in [7, 11) is -5.24. The van der Waals surface area contributed by atoms with E-state index in [4.69, 9.17) is 5.26 Å². The van der Waals surface area contributed by atoms with Crippen molar-refractivity contribution in [2.75, 3.05) is 0 Å². The van der Waals surface area contributed by atoms with Crippen LogP contribution in [-0.4, -0.2) is 8.42 Å². The highest BCUT2D eigenvalue weighted by Gasteiger charge is 2.15. The van der Waals surface area contributed by atoms with Crippen molar-refractivity contribution in [2.45, 2.75) is 0 Å². The molecule has 7 heteroatoms. The summed E-state index contributed by atoms with van der Waals surface area (Å²) in [6, 6.07) is 4.35. The Hall–Kier alpha value is -1.68. The predicted octanol–water partition coefficient (Wildman–Crippen LogP) is 1.29. The molecule has 0 aliphatic carbocycles. The molecule has 0 N–H and O–H groups in total. The first kappa shape index (κ1) is 10.4. The molecule has 0 amide bonds. The van der Waals surface area contributed by atoms with E-state index < -0.39 is 27.6 Å². The Balaban J connectivity index is 3.24. The lowest BCUT2D eigenvalue weighted by Crippen LogP contribution is -2.03. The zero-order chi connectivity index (χ0) is 10.8. The van der Waals surface area contributed by atoms with Crippen molar-refractivity contribution in [3.05, 3.63) is 29.6 Å². The van der Waals surface area contributed by atoms with E-state index >= 15 is 0 Å². The van der Waals surface area contributed by atoms with Crippen LogP contribution in [0.1, 0.15) is 5.56 Å². The van der Waals surface area contributed by atoms with Crippen LogP contribution in [0.2, 0.25) is 0 Å². The minimum absolute atomic E-state index is 0.659. The third-order valence-electron chi connectivity index (χ3n) is 1.28. The summed E-state index contributed by atoms with van der Waals surface area (Å²) in [6.07, 6.45) is 0. The van der Waals surface area contributed by atoms with Gasteiger partial charge in [-0.2, -0.15) is 13.7 Å². The highest BCUT2D eigenvalue weighted by molar-refractivity contribution is 7.81. The minimum Gasteiger partial charge on any atom is -0.357 e. The fourth-order valence-corrected chi connectivity index (χ4v) is 1.14. The van der Waals surface area contributed by atoms with Gasteiger partial charge in [0.2, 0.25) is 0 Å². The lowest BCUT2D eigenvalue weighted by atomic mass is 10.2. The average Bonchev–Trinajstić information content (AvgIpc) is 2.01. The Kier molecular flexibility index (Phi) is 2.67. The molecular weight excluding hydrogens is 216 g/mol. The molecule has 0 unspecified atom stereocenters. The largest absolute Gasteiger partial charge is 0.488 e. The van der Waals surface area contributed by atoms with Crippen molar-refractivity contribution < 1.29 is 20.9 Å². The predicted molar refractivity (Wildman–Crippen MR) is 41.8 cm³/mol. The highest BCUT2D eigenvalue weighted by Crippen LogP contribution is 2.22. The van der Waals surface area contributed by atoms with Gasteiger partial charge >= 0.3 is 10.5 Å². The van der Waals surface area contributed by atoms with E-state index in [0.29, 0.717) is 0 Å². The van der Waals surface area contributed by atoms with Crippen LogP contribution >= 0.6 is 0 Å². The normalized spacial score (nSPS) is 10.6. The van der Waals surface area contributed by atoms with Gasteiger partial charge in [0.1, 0.15) is 17.4 Å². The van der Waals surface area contributed by atoms with Crippen LogP contribution in [0.3, 0.4) is 0 Å². The maximum Gasteiger partial charge on any atom is 0.488 e. The summed E-state index contributed by atoms with van der Waals surface area (Å²) in [5.41, 5.74) is -0.659. The number of benzene rings is 1. The van der Waals surface area contributed by atoms with Gasteiger partial charge in [0, 0.05) is 0 Å². The summed E-state index contributed by atoms with van der Waals surface area (Å²) in [5, 5.41) is 8.41. The van der Waals surface area contributed by atoms with Crippen molar-refractivity contribution in [3.63, 3.8) is 0 Å². The molecule has 0 radical (unpaired) electrons. The van der Waals surface area contributed by atoms with Crippen LogP contribution in [0.15, 0.2) is 18.2 Å². The molecule has 1 aromatic carbocycles. The van der Waals surface area contributed by atoms with Gasteiger partial charge in [-0.25, -0.2) is 4.39 Å². The van der Waals surface area contributed by atoms with Crippen LogP contribution < -0.4 is 4.18 Å². The number of hydrogen-bond acceptors (Lipinski definition) is 4. The molecule has 74 valence electrons. The standard InChI is InChI=1S/C7H3F2NO3S/c8-6-2-1-3-7(5(6)4-10)13-14(9,11)12/h1-3H. The fourth-order valence-electron chi connectivity index (χ4n) is 0.790. The molecule has 0 aliphatic rings. The molecule has 0 heterocycles. The van der Waals surface area contributed by atoms with Crippen LogP contribution in [-0.2, 0) is 10.5 Å². The molecule has 0 saturated carbocycles. The SMILES string of the molecule is N#Cc1c(F)cccc1OS(=O)(=O)F. The van der Waals surface area contributed by atoms with Gasteiger partial charge < -0.3 is 4.18 Å². The number of rotatable bonds is 2. The van der Waals surface area contributed by atoms with E-state index in [2.05, 4.69) is 4.18 Å². The zero-order valence-electron chi connectivity index (χ0n) is 6.57. The lowest BCUT2D eigenvalue weighted by Gasteiger charge is -2.01. The second-order valence-corrected chi connectivity index (χ2v) is 3.15. The maximum atomic E-state index is 12.8. The Morgan fingerprint density at radius 1 is 1.43 bits per heavy atom. The Morgan fingerprint density at radius 3 is 2.57 bits per heavy atom. The van der Waals surface area contributed by atoms with Crippen molar-refractivity contribution in [1.29, 1.82) is 5.26 Å². The number of nitriles is 1. The fraction of sp³-hybridized carbons (Fsp3) is 0. The van der Waals surface area contributed by atoms with E-state index in [1.165, 1.54) is 6.07 Å². The van der Waals surface area contributed by atoms with Crippen LogP contribution in [0.4, 0.5) is 8.28 Å². The first-order chi connectivity index (χ1) is 6.44. The second-order valence-electron chi connectivity index (χ2n) is 2.20. The quantitative estimate of drug-likeness (QED) is 0.703. The van der Waals surface area contributed by atoms with E-state index in [-0.39, 0.29) is 0 Å². The van der Waals surface area contributed by atoms with E-state index in [0.717, 1.165) is 18.2 Å². The van der Waals surface area contributed by atoms with Gasteiger partial charge in [-0.1, -0.05) is 9.95 Å². The van der Waals surface area contributed by atoms with Crippen molar-refractivity contribution in [2.24, 2.45) is 0 Å². The third kappa shape index (κ3) is 2.40. The Morgan fingerprint density at radius 2 is 2.07 bits per heavy atom. The molecule has 0 saturated heterocycles. The lowest BCUT2D eigenvalue weighted by molar-refractivity contribution is 0.437. The topological polar surface area (TPSA) is 67.2 Å². The third-order valence-corrected chi connectivity index (χ3v) is 1.66. The van der Waals surface area contributed by atoms with E-state index in [1.807, 2.05) is 0 Å². The van der Waals surface area contributed by atoms with Gasteiger partial charge in [0.15, 0.2) is 5.75 Å². The summed E-state index contributed by atoms with van der Waals surface area (Å²) in [6.45, 7) is 0. The molecule has 0 fully saturated rings. The Labute approximate surface area is 78.8 Å². The molecule has 0 aliphatic heterocycles. The van der Waals surface area contributed by atoms with Gasteiger partial charge in [0.25, 0.3) is 0 Å². The molecule has 0 bridgehead atoms. The first-order valence-corrected chi connectivity index (χ1v) is 4.57. The second kappa shape index (κ2) is 3.59. The number of hydrogen-bond donors (Lipinski definition) is 0. The Bertz CT molecular complexity index is 492. The smallest absolute Gasteiger partial charge is 0.357 e. The maximum absolute atomic E-state index is 12.8. The van der Waals surface area contributed by atoms with Gasteiger partial charge in [-0.05, 0) is 12.1 Å². The summed E-state index contributed by atoms with van der Waals surface area (Å²) >= 11 is 0. The van der Waals surface area contributed by atoms with Gasteiger partial charge in [-0.15, -0.1) is 0 Å². The van der Waals surface area contributed by atoms with E-state index in [1.54, 1.807) is 0 Å². The first-order valence-electron chi connectivity index (χ1n) is 3.27. The molecule has 0 aromatic heterocycles. The number of nitrogens with zero attached hydrogens (tertiary/aromatic N) is 1. The minimum atomic E-state index is -5.24. The van der Waals surface area contributed by atoms with Crippen LogP contribution in [0, 0.1) is 17.1 Å². The van der Waals surface area contributed by atoms with Crippen molar-refractivity contribution >= 4 is 10.5 Å². The summed E-state index contributed by atoms with van der Waals surface area (Å²) < 4.78 is 48.7. The number of halogens is 2. The van der Waals surface area contributed by atoms with E-state index in [9.17, 15) is 16.7 Å². The van der Waals surface area contributed by atoms with Gasteiger partial charge in [-0.3, -0.25) is 0 Å². The summed E-state index contributed by atoms with van der Waals surface area (Å²) in [4.78, 5) is 0. The highest BCUT2D eigenvalue weighted by atomic mass is 32.3. The van der Waals surface area contributed by atoms with Gasteiger partial charge in [0.05, 0.1) is 0 Å². The zero-order valence-corrected chi connectivity index (χ0v) is 7.38. The molecule has 14 heavy (non-hydrogen) atoms. The van der Waals surface area contributed by atoms with Crippen LogP contribution in [0.5, 0.6) is 5.75 Å². The molecule has 0 spiro atoms. The molecule has 1 aromatic rings. The monoisotopic (exact) mass is 219 g/mol. The van der Waals surface area contributed by atoms with Crippen molar-refractivity contribution in [3.8, 4) is 11.8 Å². The van der Waals surface area contributed by atoms with Crippen molar-refractivity contribution in [1.82, 2.24) is 0 Å². The average molecular weight is 219 g/mol. The molecule has 0 atom stereocenters. The molecular formula is C7H3F2NO3S. The van der Waals surface area contributed by atoms with Crippen LogP contribution in [0.25, 0.3) is 0 Å².